The maximum Gasteiger partial charge on any atom is 0.490 e. The third kappa shape index (κ3) is 15.9. The minimum atomic E-state index is -5.08. The van der Waals surface area contributed by atoms with Gasteiger partial charge in [-0.05, 0) is 18.1 Å². The number of benzene rings is 1. The molecule has 2 amide bonds. The van der Waals surface area contributed by atoms with Crippen molar-refractivity contribution in [3.63, 3.8) is 0 Å². The molecule has 1 heterocycles. The summed E-state index contributed by atoms with van der Waals surface area (Å²) in [6, 6.07) is -1.57. The van der Waals surface area contributed by atoms with Gasteiger partial charge in [0.15, 0.2) is 16.7 Å². The van der Waals surface area contributed by atoms with Crippen molar-refractivity contribution in [1.82, 2.24) is 10.2 Å². The van der Waals surface area contributed by atoms with E-state index in [4.69, 9.17) is 25.5 Å². The van der Waals surface area contributed by atoms with Crippen molar-refractivity contribution in [1.29, 1.82) is 0 Å². The Morgan fingerprint density at radius 2 is 1.40 bits per heavy atom. The lowest BCUT2D eigenvalue weighted by Crippen LogP contribution is -2.44. The molecule has 0 saturated carbocycles. The number of hydrogen-bond acceptors (Lipinski definition) is 8. The highest BCUT2D eigenvalue weighted by Gasteiger charge is 2.42. The first kappa shape index (κ1) is 42.9. The van der Waals surface area contributed by atoms with E-state index in [1.54, 1.807) is 6.92 Å². The van der Waals surface area contributed by atoms with Crippen molar-refractivity contribution >= 4 is 46.6 Å². The van der Waals surface area contributed by atoms with Crippen molar-refractivity contribution < 1.29 is 83.6 Å². The molecular weight excluding hydrogens is 689 g/mol. The maximum atomic E-state index is 13.8. The molecule has 47 heavy (non-hydrogen) atoms. The van der Waals surface area contributed by atoms with Crippen molar-refractivity contribution in [2.75, 3.05) is 12.3 Å². The number of carbonyl (C=O) groups excluding carboxylic acids is 3. The van der Waals surface area contributed by atoms with E-state index in [1.807, 2.05) is 0 Å². The molecule has 12 nitrogen and oxygen atoms in total. The summed E-state index contributed by atoms with van der Waals surface area (Å²) in [6.45, 7) is 2.94. The summed E-state index contributed by atoms with van der Waals surface area (Å²) in [6.07, 6.45) is -10.7. The zero-order valence-corrected chi connectivity index (χ0v) is 24.9. The quantitative estimate of drug-likeness (QED) is 0.186. The molecule has 2 rings (SSSR count). The van der Waals surface area contributed by atoms with E-state index in [0.29, 0.717) is 12.1 Å². The molecule has 1 aromatic rings. The molecule has 1 aliphatic heterocycles. The number of aliphatic carboxylic acids is 3. The molecule has 266 valence electrons. The van der Waals surface area contributed by atoms with E-state index < -0.39 is 83.6 Å². The smallest absolute Gasteiger partial charge is 0.480 e. The summed E-state index contributed by atoms with van der Waals surface area (Å²) in [4.78, 5) is 66.8. The molecule has 4 atom stereocenters. The van der Waals surface area contributed by atoms with Crippen LogP contribution in [-0.4, -0.2) is 97.8 Å². The number of thioether (sulfide) groups is 1. The monoisotopic (exact) mass is 717 g/mol. The highest BCUT2D eigenvalue weighted by atomic mass is 32.2. The number of amides is 2. The van der Waals surface area contributed by atoms with Crippen molar-refractivity contribution in [2.24, 2.45) is 11.7 Å². The number of alkyl halides is 6. The van der Waals surface area contributed by atoms with E-state index >= 15 is 0 Å². The molecule has 0 radical (unpaired) electrons. The van der Waals surface area contributed by atoms with Gasteiger partial charge in [0.05, 0.1) is 0 Å². The standard InChI is InChI=1S/C21H26F3N3O5S.2C2HF3O2/c1-10(9-33-11(2)28)20(30)27-8-14(6-18(27)21(31)32)26-19(29)5-13(25)3-12-4-16(23)17(24)7-15(12)22;2*3-2(4,5)1(6)7/h4,7,10,13-14,18H,3,5-6,8-9,25H2,1-2H3,(H,26,29)(H,31,32);2*(H,6,7)/t10-,13-,14+,18+;;/m1../s1. The zero-order valence-electron chi connectivity index (χ0n) is 24.1. The van der Waals surface area contributed by atoms with Crippen LogP contribution in [0, 0.1) is 23.4 Å². The summed E-state index contributed by atoms with van der Waals surface area (Å²) >= 11 is 0.969. The summed E-state index contributed by atoms with van der Waals surface area (Å²) < 4.78 is 104. The van der Waals surface area contributed by atoms with Gasteiger partial charge < -0.3 is 31.3 Å². The molecule has 0 spiro atoms. The van der Waals surface area contributed by atoms with Crippen LogP contribution in [0.25, 0.3) is 0 Å². The van der Waals surface area contributed by atoms with E-state index in [0.717, 1.165) is 11.8 Å². The normalized spacial score (nSPS) is 17.2. The van der Waals surface area contributed by atoms with Crippen LogP contribution in [0.2, 0.25) is 0 Å². The van der Waals surface area contributed by atoms with Crippen LogP contribution >= 0.6 is 11.8 Å². The average Bonchev–Trinajstić information content (AvgIpc) is 3.33. The predicted molar refractivity (Wildman–Crippen MR) is 142 cm³/mol. The second-order valence-electron chi connectivity index (χ2n) is 9.68. The lowest BCUT2D eigenvalue weighted by atomic mass is 10.0. The van der Waals surface area contributed by atoms with Gasteiger partial charge in [-0.15, -0.1) is 0 Å². The van der Waals surface area contributed by atoms with Gasteiger partial charge in [-0.25, -0.2) is 27.6 Å². The van der Waals surface area contributed by atoms with Gasteiger partial charge in [-0.1, -0.05) is 18.7 Å². The van der Waals surface area contributed by atoms with Crippen molar-refractivity contribution in [3.8, 4) is 0 Å². The third-order valence-electron chi connectivity index (χ3n) is 5.70. The Hall–Kier alpha value is -4.08. The van der Waals surface area contributed by atoms with Crippen LogP contribution < -0.4 is 11.1 Å². The largest absolute Gasteiger partial charge is 0.490 e. The molecule has 0 unspecified atom stereocenters. The zero-order chi connectivity index (χ0) is 37.0. The van der Waals surface area contributed by atoms with Crippen LogP contribution in [0.5, 0.6) is 0 Å². The van der Waals surface area contributed by atoms with Crippen LogP contribution in [0.4, 0.5) is 39.5 Å². The SMILES string of the molecule is CC(=O)SC[C@@H](C)C(=O)N1C[C@@H](NC(=O)C[C@H](N)Cc2cc(F)c(F)cc2F)C[C@H]1C(=O)O.O=C(O)C(F)(F)F.O=C(O)C(F)(F)F. The van der Waals surface area contributed by atoms with Crippen LogP contribution in [-0.2, 0) is 35.2 Å². The molecule has 1 fully saturated rings. The first-order chi connectivity index (χ1) is 21.3. The molecule has 22 heteroatoms. The van der Waals surface area contributed by atoms with Crippen LogP contribution in [0.1, 0.15) is 32.3 Å². The number of likely N-dealkylation sites (tertiary alicyclic amines) is 1. The fourth-order valence-electron chi connectivity index (χ4n) is 3.61. The number of nitrogens with two attached hydrogens (primary N) is 1. The minimum absolute atomic E-state index is 0.00752. The number of rotatable bonds is 9. The number of nitrogens with one attached hydrogen (secondary N) is 1. The lowest BCUT2D eigenvalue weighted by Gasteiger charge is -2.24. The number of hydrogen-bond donors (Lipinski definition) is 5. The Balaban J connectivity index is 0.00000126. The van der Waals surface area contributed by atoms with Gasteiger partial charge in [0.2, 0.25) is 11.8 Å². The summed E-state index contributed by atoms with van der Waals surface area (Å²) in [5, 5.41) is 26.2. The number of carbonyl (C=O) groups is 6. The second kappa shape index (κ2) is 18.3. The Kier molecular flexibility index (Phi) is 16.7. The number of halogens is 9. The summed E-state index contributed by atoms with van der Waals surface area (Å²) in [7, 11) is 0. The highest BCUT2D eigenvalue weighted by molar-refractivity contribution is 8.13. The molecule has 1 aliphatic rings. The van der Waals surface area contributed by atoms with Crippen molar-refractivity contribution in [3.05, 3.63) is 35.1 Å². The molecule has 1 saturated heterocycles. The van der Waals surface area contributed by atoms with Crippen LogP contribution in [0.3, 0.4) is 0 Å². The lowest BCUT2D eigenvalue weighted by molar-refractivity contribution is -0.193. The van der Waals surface area contributed by atoms with Gasteiger partial charge >= 0.3 is 30.3 Å². The van der Waals surface area contributed by atoms with E-state index in [2.05, 4.69) is 5.32 Å². The molecular formula is C25H28F9N3O9S. The van der Waals surface area contributed by atoms with Gasteiger partial charge in [0, 0.05) is 56.1 Å². The molecule has 6 N–H and O–H groups in total. The van der Waals surface area contributed by atoms with Crippen LogP contribution in [0.15, 0.2) is 12.1 Å². The average molecular weight is 718 g/mol. The summed E-state index contributed by atoms with van der Waals surface area (Å²) in [5.41, 5.74) is 5.68. The van der Waals surface area contributed by atoms with E-state index in [-0.39, 0.29) is 42.2 Å². The number of carboxylic acids is 3. The Bertz CT molecular complexity index is 1290. The molecule has 0 aliphatic carbocycles. The molecule has 0 aromatic heterocycles. The first-order valence-electron chi connectivity index (χ1n) is 12.7. The second-order valence-corrected chi connectivity index (χ2v) is 10.9. The Labute approximate surface area is 263 Å². The highest BCUT2D eigenvalue weighted by Crippen LogP contribution is 2.23. The van der Waals surface area contributed by atoms with Crippen molar-refractivity contribution in [2.45, 2.75) is 63.6 Å². The van der Waals surface area contributed by atoms with Gasteiger partial charge in [-0.2, -0.15) is 26.3 Å². The van der Waals surface area contributed by atoms with E-state index in [1.165, 1.54) is 11.8 Å². The number of carboxylic acid groups (broad SMARTS) is 3. The minimum Gasteiger partial charge on any atom is -0.480 e. The fourth-order valence-corrected chi connectivity index (χ4v) is 4.24. The molecule has 0 bridgehead atoms. The Morgan fingerprint density at radius 3 is 1.83 bits per heavy atom. The predicted octanol–water partition coefficient (Wildman–Crippen LogP) is 2.72. The van der Waals surface area contributed by atoms with E-state index in [9.17, 15) is 63.8 Å². The summed E-state index contributed by atoms with van der Waals surface area (Å²) in [5.74, 6) is -11.6. The van der Waals surface area contributed by atoms with Gasteiger partial charge in [0.25, 0.3) is 0 Å². The Morgan fingerprint density at radius 1 is 0.936 bits per heavy atom. The third-order valence-corrected chi connectivity index (χ3v) is 6.77. The van der Waals surface area contributed by atoms with Gasteiger partial charge in [0.1, 0.15) is 11.9 Å². The molecule has 1 aromatic carbocycles. The van der Waals surface area contributed by atoms with Gasteiger partial charge in [-0.3, -0.25) is 14.4 Å². The maximum absolute atomic E-state index is 13.8. The fraction of sp³-hybridized carbons (Fsp3) is 0.520. The topological polar surface area (TPSA) is 204 Å². The number of nitrogens with zero attached hydrogens (tertiary/aromatic N) is 1. The first-order valence-corrected chi connectivity index (χ1v) is 13.7.